The SMILES string of the molecule is CCn1nc(C)cc1C(=O)N=c1sc2c(n1C/C=C/Cn1c(NC(=O)c3cc(C)nn3CC)nc3cc(C(N)=O)cc(OCCCN4CCN(CCOC)CC4)c31)CCN(S(N)=O)C2. The smallest absolute Gasteiger partial charge is 0.297 e. The zero-order valence-corrected chi connectivity index (χ0v) is 38.8. The number of anilines is 1. The van der Waals surface area contributed by atoms with E-state index in [4.69, 9.17) is 25.3 Å². The number of hydrogen-bond donors (Lipinski definition) is 3. The molecular weight excluding hydrogens is 861 g/mol. The number of rotatable bonds is 19. The van der Waals surface area contributed by atoms with Crippen LogP contribution in [0.2, 0.25) is 0 Å². The van der Waals surface area contributed by atoms with Crippen molar-refractivity contribution >= 4 is 57.2 Å². The summed E-state index contributed by atoms with van der Waals surface area (Å²) in [5.74, 6) is -0.789. The standard InChI is InChI=1S/C42H58N14O6S2/c1-6-55-33(23-28(3)48-55)39(58)46-41-45-31-25-30(38(43)57)26-35(62-21-10-12-50-16-18-51(19-17-50)20-22-61-5)37(31)54(41)14-9-8-13-53-32-11-15-52(64(44)60)27-36(32)63-42(53)47-40(59)34-24-29(4)49-56(34)7-2/h8-9,23-26H,6-7,10-22,27,44H2,1-5H3,(H2,43,57)(H,45,46,58)/b9-8+,47-42?. The van der Waals surface area contributed by atoms with Gasteiger partial charge in [0.1, 0.15) is 22.7 Å². The zero-order chi connectivity index (χ0) is 45.5. The minimum Gasteiger partial charge on any atom is -0.491 e. The van der Waals surface area contributed by atoms with Crippen LogP contribution < -0.4 is 25.7 Å². The van der Waals surface area contributed by atoms with E-state index in [2.05, 4.69) is 30.3 Å². The van der Waals surface area contributed by atoms with Gasteiger partial charge in [-0.2, -0.15) is 15.2 Å². The molecule has 2 aliphatic heterocycles. The Morgan fingerprint density at radius 1 is 0.906 bits per heavy atom. The van der Waals surface area contributed by atoms with E-state index in [-0.39, 0.29) is 18.1 Å². The summed E-state index contributed by atoms with van der Waals surface area (Å²) in [6.45, 7) is 16.7. The number of primary amides is 1. The molecule has 4 aromatic heterocycles. The Bertz CT molecular complexity index is 2610. The summed E-state index contributed by atoms with van der Waals surface area (Å²) < 4.78 is 32.7. The summed E-state index contributed by atoms with van der Waals surface area (Å²) >= 11 is -0.277. The van der Waals surface area contributed by atoms with Crippen molar-refractivity contribution in [2.75, 3.05) is 71.5 Å². The van der Waals surface area contributed by atoms with E-state index in [1.807, 2.05) is 49.0 Å². The fourth-order valence-electron chi connectivity index (χ4n) is 8.06. The van der Waals surface area contributed by atoms with Crippen LogP contribution in [0.4, 0.5) is 5.95 Å². The van der Waals surface area contributed by atoms with Crippen LogP contribution >= 0.6 is 11.3 Å². The number of amides is 3. The fourth-order valence-corrected chi connectivity index (χ4v) is 9.87. The maximum atomic E-state index is 13.8. The summed E-state index contributed by atoms with van der Waals surface area (Å²) in [5, 5.41) is 17.6. The van der Waals surface area contributed by atoms with Gasteiger partial charge in [0.2, 0.25) is 11.9 Å². The molecule has 0 saturated carbocycles. The molecule has 6 heterocycles. The molecule has 0 radical (unpaired) electrons. The number of benzene rings is 1. The molecule has 64 heavy (non-hydrogen) atoms. The molecule has 7 rings (SSSR count). The van der Waals surface area contributed by atoms with Gasteiger partial charge in [-0.15, -0.1) is 0 Å². The van der Waals surface area contributed by atoms with E-state index in [9.17, 15) is 18.6 Å². The molecule has 20 nitrogen and oxygen atoms in total. The molecule has 1 unspecified atom stereocenters. The van der Waals surface area contributed by atoms with Crippen LogP contribution in [0.5, 0.6) is 5.75 Å². The molecule has 1 saturated heterocycles. The van der Waals surface area contributed by atoms with Gasteiger partial charge in [-0.1, -0.05) is 23.5 Å². The first-order valence-electron chi connectivity index (χ1n) is 21.5. The Kier molecular flexibility index (Phi) is 15.4. The lowest BCUT2D eigenvalue weighted by Gasteiger charge is -2.34. The van der Waals surface area contributed by atoms with Crippen molar-refractivity contribution < 1.29 is 28.1 Å². The minimum atomic E-state index is -1.65. The van der Waals surface area contributed by atoms with E-state index in [1.54, 1.807) is 45.0 Å². The van der Waals surface area contributed by atoms with Crippen LogP contribution in [-0.4, -0.2) is 136 Å². The molecule has 1 fully saturated rings. The van der Waals surface area contributed by atoms with E-state index in [0.717, 1.165) is 68.6 Å². The summed E-state index contributed by atoms with van der Waals surface area (Å²) in [7, 11) is 1.72. The van der Waals surface area contributed by atoms with Gasteiger partial charge in [0.15, 0.2) is 16.0 Å². The number of allylic oxidation sites excluding steroid dienone is 2. The van der Waals surface area contributed by atoms with Crippen molar-refractivity contribution in [1.29, 1.82) is 0 Å². The number of carbonyl (C=O) groups is 3. The number of methoxy groups -OCH3 is 1. The zero-order valence-electron chi connectivity index (χ0n) is 37.1. The second-order valence-electron chi connectivity index (χ2n) is 15.7. The predicted molar refractivity (Wildman–Crippen MR) is 244 cm³/mol. The average Bonchev–Trinajstić information content (AvgIpc) is 4.05. The maximum absolute atomic E-state index is 13.8. The second kappa shape index (κ2) is 21.1. The second-order valence-corrected chi connectivity index (χ2v) is 17.8. The number of fused-ring (bicyclic) bond motifs is 2. The average molecular weight is 919 g/mol. The molecular formula is C42H58N14O6S2. The van der Waals surface area contributed by atoms with Crippen molar-refractivity contribution in [2.45, 2.75) is 73.3 Å². The normalized spacial score (nSPS) is 15.9. The van der Waals surface area contributed by atoms with Gasteiger partial charge in [-0.25, -0.2) is 18.6 Å². The van der Waals surface area contributed by atoms with E-state index >= 15 is 0 Å². The van der Waals surface area contributed by atoms with Crippen molar-refractivity contribution in [3.63, 3.8) is 0 Å². The Hall–Kier alpha value is -5.36. The third kappa shape index (κ3) is 10.8. The van der Waals surface area contributed by atoms with Gasteiger partial charge < -0.3 is 29.2 Å². The molecule has 5 N–H and O–H groups in total. The summed E-state index contributed by atoms with van der Waals surface area (Å²) in [4.78, 5) is 55.7. The van der Waals surface area contributed by atoms with Crippen LogP contribution in [0.3, 0.4) is 0 Å². The highest BCUT2D eigenvalue weighted by atomic mass is 32.2. The molecule has 5 aromatic rings. The van der Waals surface area contributed by atoms with Gasteiger partial charge in [0.05, 0.1) is 30.1 Å². The number of ether oxygens (including phenoxy) is 2. The van der Waals surface area contributed by atoms with Crippen molar-refractivity contribution in [1.82, 2.24) is 47.8 Å². The maximum Gasteiger partial charge on any atom is 0.297 e. The van der Waals surface area contributed by atoms with E-state index < -0.39 is 28.9 Å². The third-order valence-electron chi connectivity index (χ3n) is 11.3. The number of nitrogens with two attached hydrogens (primary N) is 2. The van der Waals surface area contributed by atoms with Crippen molar-refractivity contribution in [3.05, 3.63) is 80.1 Å². The predicted octanol–water partition coefficient (Wildman–Crippen LogP) is 2.23. The summed E-state index contributed by atoms with van der Waals surface area (Å²) in [5.41, 5.74) is 10.2. The number of thiazole rings is 1. The Labute approximate surface area is 378 Å². The summed E-state index contributed by atoms with van der Waals surface area (Å²) in [6.07, 6.45) is 5.21. The quantitative estimate of drug-likeness (QED) is 0.0804. The molecule has 3 amide bonds. The third-order valence-corrected chi connectivity index (χ3v) is 13.3. The Balaban J connectivity index is 1.19. The number of nitrogens with zero attached hydrogens (tertiary/aromatic N) is 11. The number of piperazine rings is 1. The highest BCUT2D eigenvalue weighted by molar-refractivity contribution is 7.80. The summed E-state index contributed by atoms with van der Waals surface area (Å²) in [6, 6.07) is 6.68. The highest BCUT2D eigenvalue weighted by Crippen LogP contribution is 2.32. The van der Waals surface area contributed by atoms with Gasteiger partial charge in [0.25, 0.3) is 11.8 Å². The van der Waals surface area contributed by atoms with Crippen LogP contribution in [0.1, 0.15) is 73.6 Å². The highest BCUT2D eigenvalue weighted by Gasteiger charge is 2.26. The molecule has 0 bridgehead atoms. The first kappa shape index (κ1) is 46.6. The molecule has 344 valence electrons. The minimum absolute atomic E-state index is 0.228. The van der Waals surface area contributed by atoms with Gasteiger partial charge >= 0.3 is 0 Å². The van der Waals surface area contributed by atoms with Crippen LogP contribution in [0.25, 0.3) is 11.0 Å². The topological polar surface area (TPSA) is 231 Å². The molecule has 0 aliphatic carbocycles. The van der Waals surface area contributed by atoms with Gasteiger partial charge in [0, 0.05) is 108 Å². The van der Waals surface area contributed by atoms with Gasteiger partial charge in [-0.3, -0.25) is 34.0 Å². The molecule has 1 atom stereocenters. The number of nitrogens with one attached hydrogen (secondary N) is 1. The lowest BCUT2D eigenvalue weighted by Crippen LogP contribution is -2.47. The Morgan fingerprint density at radius 3 is 2.22 bits per heavy atom. The number of aromatic nitrogens is 7. The number of imidazole rings is 1. The number of carbonyl (C=O) groups excluding carboxylic acids is 3. The molecule has 22 heteroatoms. The lowest BCUT2D eigenvalue weighted by molar-refractivity contribution is 0.0941. The van der Waals surface area contributed by atoms with Gasteiger partial charge in [-0.05, 0) is 58.4 Å². The number of aryl methyl sites for hydroxylation is 4. The lowest BCUT2D eigenvalue weighted by atomic mass is 10.1. The van der Waals surface area contributed by atoms with E-state index in [1.165, 1.54) is 11.3 Å². The van der Waals surface area contributed by atoms with Crippen LogP contribution in [0.15, 0.2) is 41.4 Å². The number of hydrogen-bond acceptors (Lipinski definition) is 12. The van der Waals surface area contributed by atoms with Crippen molar-refractivity contribution in [2.24, 2.45) is 15.9 Å². The molecule has 0 spiro atoms. The first-order chi connectivity index (χ1) is 30.9. The fraction of sp³-hybridized carbons (Fsp3) is 0.500. The molecule has 2 aliphatic rings. The monoisotopic (exact) mass is 918 g/mol. The Morgan fingerprint density at radius 2 is 1.56 bits per heavy atom. The molecule has 1 aromatic carbocycles. The van der Waals surface area contributed by atoms with Crippen LogP contribution in [0, 0.1) is 13.8 Å². The largest absolute Gasteiger partial charge is 0.491 e. The first-order valence-corrected chi connectivity index (χ1v) is 23.5. The van der Waals surface area contributed by atoms with Crippen molar-refractivity contribution in [3.8, 4) is 5.75 Å². The van der Waals surface area contributed by atoms with Crippen LogP contribution in [-0.2, 0) is 55.1 Å². The van der Waals surface area contributed by atoms with E-state index in [0.29, 0.717) is 84.4 Å².